The number of amides is 1. The molecule has 0 aliphatic rings. The number of carbonyl (C=O) groups excluding carboxylic acids is 1. The number of hydrogen-bond donors (Lipinski definition) is 1. The van der Waals surface area contributed by atoms with Crippen LogP contribution in [0.4, 0.5) is 14.5 Å². The Hall–Kier alpha value is -3.43. The Kier molecular flexibility index (Phi) is 4.59. The molecule has 0 radical (unpaired) electrons. The molecular formula is C15H12F2N6O2. The number of methoxy groups -OCH3 is 1. The molecule has 1 amide bonds. The van der Waals surface area contributed by atoms with E-state index < -0.39 is 12.3 Å². The number of anilines is 1. The molecule has 0 aliphatic carbocycles. The average molecular weight is 346 g/mol. The van der Waals surface area contributed by atoms with Gasteiger partial charge in [0.05, 0.1) is 19.0 Å². The standard InChI is InChI=1S/C15H12F2N6O2/c1-25-12-6-11(21-15(22-12)23-5-4-18-8-23)14(24)20-9-2-3-10(13(16)17)19-7-9/h2-8,13H,1H3,(H,20,24). The highest BCUT2D eigenvalue weighted by Crippen LogP contribution is 2.18. The van der Waals surface area contributed by atoms with Crippen LogP contribution >= 0.6 is 0 Å². The maximum atomic E-state index is 12.5. The molecule has 0 spiro atoms. The maximum Gasteiger partial charge on any atom is 0.280 e. The summed E-state index contributed by atoms with van der Waals surface area (Å²) in [6, 6.07) is 3.83. The number of nitrogens with one attached hydrogen (secondary N) is 1. The Morgan fingerprint density at radius 2 is 2.16 bits per heavy atom. The second-order valence-electron chi connectivity index (χ2n) is 4.79. The van der Waals surface area contributed by atoms with E-state index in [0.717, 1.165) is 12.3 Å². The fraction of sp³-hybridized carbons (Fsp3) is 0.133. The van der Waals surface area contributed by atoms with Gasteiger partial charge >= 0.3 is 0 Å². The monoisotopic (exact) mass is 346 g/mol. The van der Waals surface area contributed by atoms with Crippen molar-refractivity contribution in [3.8, 4) is 11.8 Å². The third kappa shape index (κ3) is 3.74. The number of ether oxygens (including phenoxy) is 1. The van der Waals surface area contributed by atoms with Crippen molar-refractivity contribution >= 4 is 11.6 Å². The Morgan fingerprint density at radius 3 is 2.76 bits per heavy atom. The molecule has 0 aromatic carbocycles. The lowest BCUT2D eigenvalue weighted by molar-refractivity contribution is 0.102. The summed E-state index contributed by atoms with van der Waals surface area (Å²) in [5, 5.41) is 2.53. The molecule has 0 bridgehead atoms. The van der Waals surface area contributed by atoms with Crippen LogP contribution in [-0.2, 0) is 0 Å². The van der Waals surface area contributed by atoms with Crippen molar-refractivity contribution in [2.75, 3.05) is 12.4 Å². The smallest absolute Gasteiger partial charge is 0.280 e. The molecule has 10 heteroatoms. The van der Waals surface area contributed by atoms with Gasteiger partial charge in [-0.1, -0.05) is 0 Å². The van der Waals surface area contributed by atoms with Crippen molar-refractivity contribution in [2.45, 2.75) is 6.43 Å². The molecular weight excluding hydrogens is 334 g/mol. The highest BCUT2D eigenvalue weighted by molar-refractivity contribution is 6.03. The van der Waals surface area contributed by atoms with Gasteiger partial charge in [-0.25, -0.2) is 18.7 Å². The second kappa shape index (κ2) is 6.99. The maximum absolute atomic E-state index is 12.5. The normalized spacial score (nSPS) is 10.7. The van der Waals surface area contributed by atoms with E-state index in [1.54, 1.807) is 12.4 Å². The number of nitrogens with zero attached hydrogens (tertiary/aromatic N) is 5. The van der Waals surface area contributed by atoms with Crippen molar-refractivity contribution in [1.82, 2.24) is 24.5 Å². The summed E-state index contributed by atoms with van der Waals surface area (Å²) in [7, 11) is 1.41. The fourth-order valence-electron chi connectivity index (χ4n) is 1.93. The minimum Gasteiger partial charge on any atom is -0.481 e. The molecule has 8 nitrogen and oxygen atoms in total. The zero-order valence-electron chi connectivity index (χ0n) is 12.9. The molecule has 0 saturated heterocycles. The van der Waals surface area contributed by atoms with Crippen LogP contribution in [-0.4, -0.2) is 37.5 Å². The lowest BCUT2D eigenvalue weighted by Gasteiger charge is -2.08. The number of alkyl halides is 2. The molecule has 25 heavy (non-hydrogen) atoms. The molecule has 0 fully saturated rings. The summed E-state index contributed by atoms with van der Waals surface area (Å²) in [5.74, 6) is -0.170. The number of imidazole rings is 1. The topological polar surface area (TPSA) is 94.8 Å². The van der Waals surface area contributed by atoms with E-state index in [1.807, 2.05) is 0 Å². The van der Waals surface area contributed by atoms with Crippen LogP contribution in [0.15, 0.2) is 43.1 Å². The van der Waals surface area contributed by atoms with Gasteiger partial charge < -0.3 is 10.1 Å². The van der Waals surface area contributed by atoms with Crippen molar-refractivity contribution in [3.05, 3.63) is 54.5 Å². The first-order valence-electron chi connectivity index (χ1n) is 7.03. The predicted molar refractivity (Wildman–Crippen MR) is 82.9 cm³/mol. The third-order valence-electron chi connectivity index (χ3n) is 3.14. The second-order valence-corrected chi connectivity index (χ2v) is 4.79. The van der Waals surface area contributed by atoms with E-state index in [2.05, 4.69) is 25.3 Å². The van der Waals surface area contributed by atoms with E-state index in [0.29, 0.717) is 0 Å². The first-order chi connectivity index (χ1) is 12.1. The van der Waals surface area contributed by atoms with Crippen LogP contribution < -0.4 is 10.1 Å². The van der Waals surface area contributed by atoms with Gasteiger partial charge in [-0.15, -0.1) is 0 Å². The number of hydrogen-bond acceptors (Lipinski definition) is 6. The minimum atomic E-state index is -2.67. The first-order valence-corrected chi connectivity index (χ1v) is 7.03. The molecule has 3 aromatic heterocycles. The third-order valence-corrected chi connectivity index (χ3v) is 3.14. The van der Waals surface area contributed by atoms with Crippen molar-refractivity contribution in [3.63, 3.8) is 0 Å². The van der Waals surface area contributed by atoms with Crippen LogP contribution in [0.25, 0.3) is 5.95 Å². The lowest BCUT2D eigenvalue weighted by Crippen LogP contribution is -2.16. The van der Waals surface area contributed by atoms with E-state index in [-0.39, 0.29) is 28.9 Å². The van der Waals surface area contributed by atoms with E-state index >= 15 is 0 Å². The van der Waals surface area contributed by atoms with Gasteiger partial charge in [-0.3, -0.25) is 14.3 Å². The molecule has 3 heterocycles. The number of carbonyl (C=O) groups is 1. The van der Waals surface area contributed by atoms with Gasteiger partial charge in [0.15, 0.2) is 0 Å². The highest BCUT2D eigenvalue weighted by atomic mass is 19.3. The summed E-state index contributed by atoms with van der Waals surface area (Å²) in [6.45, 7) is 0. The average Bonchev–Trinajstić information content (AvgIpc) is 3.16. The van der Waals surface area contributed by atoms with Crippen LogP contribution in [0.3, 0.4) is 0 Å². The van der Waals surface area contributed by atoms with Gasteiger partial charge in [0.1, 0.15) is 17.7 Å². The molecule has 3 aromatic rings. The Morgan fingerprint density at radius 1 is 1.32 bits per heavy atom. The van der Waals surface area contributed by atoms with Gasteiger partial charge in [0, 0.05) is 18.5 Å². The molecule has 128 valence electrons. The lowest BCUT2D eigenvalue weighted by atomic mass is 10.3. The summed E-state index contributed by atoms with van der Waals surface area (Å²) in [6.07, 6.45) is 3.11. The van der Waals surface area contributed by atoms with E-state index in [9.17, 15) is 13.6 Å². The van der Waals surface area contributed by atoms with Gasteiger partial charge in [0.2, 0.25) is 11.8 Å². The predicted octanol–water partition coefficient (Wildman–Crippen LogP) is 2.26. The molecule has 0 saturated carbocycles. The van der Waals surface area contributed by atoms with Gasteiger partial charge in [0.25, 0.3) is 12.3 Å². The Labute approximate surface area is 140 Å². The number of pyridine rings is 1. The van der Waals surface area contributed by atoms with Crippen LogP contribution in [0.5, 0.6) is 5.88 Å². The zero-order chi connectivity index (χ0) is 17.8. The molecule has 0 unspecified atom stereocenters. The summed E-state index contributed by atoms with van der Waals surface area (Å²) < 4.78 is 31.6. The Bertz CT molecular complexity index is 868. The molecule has 3 rings (SSSR count). The van der Waals surface area contributed by atoms with E-state index in [4.69, 9.17) is 4.74 Å². The quantitative estimate of drug-likeness (QED) is 0.761. The van der Waals surface area contributed by atoms with E-state index in [1.165, 1.54) is 30.1 Å². The first kappa shape index (κ1) is 16.4. The molecule has 1 N–H and O–H groups in total. The number of halogens is 2. The number of rotatable bonds is 5. The van der Waals surface area contributed by atoms with Crippen LogP contribution in [0.2, 0.25) is 0 Å². The largest absolute Gasteiger partial charge is 0.481 e. The number of aromatic nitrogens is 5. The highest BCUT2D eigenvalue weighted by Gasteiger charge is 2.14. The van der Waals surface area contributed by atoms with Crippen molar-refractivity contribution in [2.24, 2.45) is 0 Å². The van der Waals surface area contributed by atoms with Crippen LogP contribution in [0, 0.1) is 0 Å². The molecule has 0 aliphatic heterocycles. The Balaban J connectivity index is 1.85. The SMILES string of the molecule is COc1cc(C(=O)Nc2ccc(C(F)F)nc2)nc(-n2ccnc2)n1. The summed E-state index contributed by atoms with van der Waals surface area (Å²) in [4.78, 5) is 28.1. The van der Waals surface area contributed by atoms with Crippen LogP contribution in [0.1, 0.15) is 22.6 Å². The van der Waals surface area contributed by atoms with Crippen molar-refractivity contribution < 1.29 is 18.3 Å². The fourth-order valence-corrected chi connectivity index (χ4v) is 1.93. The summed E-state index contributed by atoms with van der Waals surface area (Å²) in [5.41, 5.74) is -0.0752. The van der Waals surface area contributed by atoms with Gasteiger partial charge in [-0.05, 0) is 12.1 Å². The minimum absolute atomic E-state index is 0.0356. The summed E-state index contributed by atoms with van der Waals surface area (Å²) >= 11 is 0. The van der Waals surface area contributed by atoms with Gasteiger partial charge in [-0.2, -0.15) is 4.98 Å². The van der Waals surface area contributed by atoms with Crippen molar-refractivity contribution in [1.29, 1.82) is 0 Å². The zero-order valence-corrected chi connectivity index (χ0v) is 12.9. The molecule has 0 atom stereocenters.